The van der Waals surface area contributed by atoms with E-state index in [2.05, 4.69) is 41.2 Å². The Morgan fingerprint density at radius 3 is 1.82 bits per heavy atom. The van der Waals surface area contributed by atoms with Gasteiger partial charge in [0.05, 0.1) is 12.1 Å². The maximum Gasteiger partial charge on any atom is 0.327 e. The molecule has 5 atom stereocenters. The van der Waals surface area contributed by atoms with E-state index in [4.69, 9.17) is 10.8 Å². The number of aliphatic carboxylic acids is 1. The first-order chi connectivity index (χ1) is 12.9. The fraction of sp³-hybridized carbons (Fsp3) is 0.750. The molecule has 28 heavy (non-hydrogen) atoms. The summed E-state index contributed by atoms with van der Waals surface area (Å²) in [6.45, 7) is 4.95. The zero-order chi connectivity index (χ0) is 22.0. The van der Waals surface area contributed by atoms with Gasteiger partial charge >= 0.3 is 5.97 Å². The molecule has 0 aliphatic rings. The van der Waals surface area contributed by atoms with Crippen LogP contribution in [0.1, 0.15) is 27.2 Å². The van der Waals surface area contributed by atoms with Crippen LogP contribution in [0.2, 0.25) is 0 Å². The SMILES string of the molecule is CC(C)C[C@H](NC(=O)[C@@H](N)CS)C(=O)N[C@H](C(=O)N[C@@H](CS)C(=O)O)[C@@H](C)O. The molecule has 0 radical (unpaired) electrons. The van der Waals surface area contributed by atoms with Crippen LogP contribution in [0, 0.1) is 5.92 Å². The number of carbonyl (C=O) groups is 4. The van der Waals surface area contributed by atoms with Crippen LogP contribution in [0.5, 0.6) is 0 Å². The number of hydrogen-bond acceptors (Lipinski definition) is 8. The van der Waals surface area contributed by atoms with Gasteiger partial charge in [-0.05, 0) is 19.3 Å². The van der Waals surface area contributed by atoms with Gasteiger partial charge in [0.15, 0.2) is 0 Å². The molecule has 0 aliphatic heterocycles. The molecule has 0 aliphatic carbocycles. The van der Waals surface area contributed by atoms with Crippen molar-refractivity contribution in [3.63, 3.8) is 0 Å². The summed E-state index contributed by atoms with van der Waals surface area (Å²) in [6, 6.07) is -4.60. The first-order valence-electron chi connectivity index (χ1n) is 8.73. The molecule has 10 nitrogen and oxygen atoms in total. The molecule has 0 aromatic heterocycles. The number of hydrogen-bond donors (Lipinski definition) is 8. The molecule has 0 saturated carbocycles. The van der Waals surface area contributed by atoms with Gasteiger partial charge in [0, 0.05) is 11.5 Å². The zero-order valence-corrected chi connectivity index (χ0v) is 17.9. The highest BCUT2D eigenvalue weighted by Crippen LogP contribution is 2.07. The molecule has 162 valence electrons. The van der Waals surface area contributed by atoms with Gasteiger partial charge in [-0.25, -0.2) is 4.79 Å². The van der Waals surface area contributed by atoms with E-state index in [1.807, 2.05) is 13.8 Å². The number of aliphatic hydroxyl groups excluding tert-OH is 1. The Hall–Kier alpha value is -1.50. The largest absolute Gasteiger partial charge is 0.480 e. The fourth-order valence-corrected chi connectivity index (χ4v) is 2.58. The Bertz CT molecular complexity index is 561. The molecule has 0 aromatic carbocycles. The Morgan fingerprint density at radius 2 is 1.43 bits per heavy atom. The van der Waals surface area contributed by atoms with Gasteiger partial charge in [0.1, 0.15) is 18.1 Å². The first kappa shape index (κ1) is 26.5. The fourth-order valence-electron chi connectivity index (χ4n) is 2.17. The lowest BCUT2D eigenvalue weighted by atomic mass is 10.0. The number of rotatable bonds is 12. The van der Waals surface area contributed by atoms with Gasteiger partial charge in [-0.15, -0.1) is 0 Å². The van der Waals surface area contributed by atoms with Crippen LogP contribution in [-0.4, -0.2) is 75.7 Å². The molecule has 0 rings (SSSR count). The third-order valence-corrected chi connectivity index (χ3v) is 4.49. The molecular formula is C16H30N4O6S2. The lowest BCUT2D eigenvalue weighted by Gasteiger charge is -2.27. The lowest BCUT2D eigenvalue weighted by molar-refractivity contribution is -0.142. The van der Waals surface area contributed by atoms with Crippen LogP contribution in [0.3, 0.4) is 0 Å². The van der Waals surface area contributed by atoms with Crippen molar-refractivity contribution in [2.75, 3.05) is 11.5 Å². The minimum Gasteiger partial charge on any atom is -0.480 e. The molecule has 3 amide bonds. The zero-order valence-electron chi connectivity index (χ0n) is 16.1. The summed E-state index contributed by atoms with van der Waals surface area (Å²) in [6.07, 6.45) is -1.05. The van der Waals surface area contributed by atoms with Crippen molar-refractivity contribution >= 4 is 48.9 Å². The van der Waals surface area contributed by atoms with E-state index in [1.54, 1.807) is 0 Å². The quantitative estimate of drug-likeness (QED) is 0.165. The summed E-state index contributed by atoms with van der Waals surface area (Å²) in [5, 5.41) is 25.9. The minimum atomic E-state index is -1.42. The highest BCUT2D eigenvalue weighted by Gasteiger charge is 2.32. The second kappa shape index (κ2) is 12.9. The standard InChI is InChI=1S/C16H30N4O6S2/c1-7(2)4-10(18-13(22)9(17)5-27)14(23)20-12(8(3)21)15(24)19-11(6-28)16(25)26/h7-12,21,27-28H,4-6,17H2,1-3H3,(H,18,22)(H,19,24)(H,20,23)(H,25,26)/t8-,9+,10+,11+,12+/m1/s1. The Labute approximate surface area is 175 Å². The van der Waals surface area contributed by atoms with E-state index in [-0.39, 0.29) is 23.8 Å². The molecule has 0 bridgehead atoms. The van der Waals surface area contributed by atoms with Crippen molar-refractivity contribution in [1.82, 2.24) is 16.0 Å². The summed E-state index contributed by atoms with van der Waals surface area (Å²) in [5.74, 6) is -3.52. The monoisotopic (exact) mass is 438 g/mol. The second-order valence-electron chi connectivity index (χ2n) is 6.79. The Morgan fingerprint density at radius 1 is 0.893 bits per heavy atom. The topological polar surface area (TPSA) is 171 Å². The predicted octanol–water partition coefficient (Wildman–Crippen LogP) is -1.86. The number of aliphatic hydroxyl groups is 1. The number of amides is 3. The number of carbonyl (C=O) groups excluding carboxylic acids is 3. The van der Waals surface area contributed by atoms with Crippen LogP contribution < -0.4 is 21.7 Å². The van der Waals surface area contributed by atoms with E-state index in [0.717, 1.165) is 0 Å². The summed E-state index contributed by atoms with van der Waals surface area (Å²) in [5.41, 5.74) is 5.60. The van der Waals surface area contributed by atoms with Gasteiger partial charge in [0.2, 0.25) is 17.7 Å². The van der Waals surface area contributed by atoms with E-state index in [1.165, 1.54) is 6.92 Å². The van der Waals surface area contributed by atoms with Crippen molar-refractivity contribution in [1.29, 1.82) is 0 Å². The average Bonchev–Trinajstić information content (AvgIpc) is 2.61. The number of thiol groups is 2. The maximum atomic E-state index is 12.6. The van der Waals surface area contributed by atoms with E-state index < -0.39 is 54.0 Å². The molecule has 7 N–H and O–H groups in total. The third-order valence-electron chi connectivity index (χ3n) is 3.73. The van der Waals surface area contributed by atoms with Gasteiger partial charge in [0.25, 0.3) is 0 Å². The Balaban J connectivity index is 5.30. The van der Waals surface area contributed by atoms with Gasteiger partial charge in [-0.2, -0.15) is 25.3 Å². The Kier molecular flexibility index (Phi) is 12.2. The van der Waals surface area contributed by atoms with Gasteiger partial charge < -0.3 is 31.9 Å². The summed E-state index contributed by atoms with van der Waals surface area (Å²) < 4.78 is 0. The number of carboxylic acid groups (broad SMARTS) is 1. The van der Waals surface area contributed by atoms with Crippen molar-refractivity contribution in [3.8, 4) is 0 Å². The van der Waals surface area contributed by atoms with E-state index in [9.17, 15) is 24.3 Å². The van der Waals surface area contributed by atoms with Crippen LogP contribution in [-0.2, 0) is 19.2 Å². The van der Waals surface area contributed by atoms with Gasteiger partial charge in [-0.1, -0.05) is 13.8 Å². The van der Waals surface area contributed by atoms with Crippen LogP contribution in [0.15, 0.2) is 0 Å². The molecular weight excluding hydrogens is 408 g/mol. The summed E-state index contributed by atoms with van der Waals surface area (Å²) in [4.78, 5) is 48.0. The van der Waals surface area contributed by atoms with E-state index in [0.29, 0.717) is 0 Å². The first-order valence-corrected chi connectivity index (χ1v) is 10.00. The number of nitrogens with one attached hydrogen (secondary N) is 3. The van der Waals surface area contributed by atoms with Crippen molar-refractivity contribution in [2.24, 2.45) is 11.7 Å². The molecule has 0 aromatic rings. The molecule has 0 heterocycles. The molecule has 0 fully saturated rings. The second-order valence-corrected chi connectivity index (χ2v) is 7.52. The van der Waals surface area contributed by atoms with Crippen molar-refractivity contribution in [3.05, 3.63) is 0 Å². The van der Waals surface area contributed by atoms with Crippen molar-refractivity contribution in [2.45, 2.75) is 57.5 Å². The highest BCUT2D eigenvalue weighted by molar-refractivity contribution is 7.80. The van der Waals surface area contributed by atoms with Crippen molar-refractivity contribution < 1.29 is 29.4 Å². The highest BCUT2D eigenvalue weighted by atomic mass is 32.1. The van der Waals surface area contributed by atoms with Gasteiger partial charge in [-0.3, -0.25) is 14.4 Å². The number of carboxylic acids is 1. The van der Waals surface area contributed by atoms with Crippen LogP contribution in [0.4, 0.5) is 0 Å². The molecule has 12 heteroatoms. The maximum absolute atomic E-state index is 12.6. The van der Waals surface area contributed by atoms with Crippen LogP contribution in [0.25, 0.3) is 0 Å². The third kappa shape index (κ3) is 9.13. The smallest absolute Gasteiger partial charge is 0.327 e. The summed E-state index contributed by atoms with van der Waals surface area (Å²) in [7, 11) is 0. The predicted molar refractivity (Wildman–Crippen MR) is 110 cm³/mol. The van der Waals surface area contributed by atoms with E-state index >= 15 is 0 Å². The summed E-state index contributed by atoms with van der Waals surface area (Å²) >= 11 is 7.78. The normalized spacial score (nSPS) is 16.4. The van der Waals surface area contributed by atoms with Crippen LogP contribution >= 0.6 is 25.3 Å². The molecule has 0 spiro atoms. The molecule has 0 saturated heterocycles. The lowest BCUT2D eigenvalue weighted by Crippen LogP contribution is -2.60. The minimum absolute atomic E-state index is 0.0303. The number of nitrogens with two attached hydrogens (primary N) is 1. The average molecular weight is 439 g/mol. The molecule has 0 unspecified atom stereocenters.